The van der Waals surface area contributed by atoms with Gasteiger partial charge in [0.05, 0.1) is 17.5 Å². The van der Waals surface area contributed by atoms with E-state index < -0.39 is 0 Å². The fourth-order valence-corrected chi connectivity index (χ4v) is 2.97. The molecule has 0 radical (unpaired) electrons. The van der Waals surface area contributed by atoms with Crippen molar-refractivity contribution in [2.75, 3.05) is 7.11 Å². The van der Waals surface area contributed by atoms with E-state index in [2.05, 4.69) is 31.9 Å². The Morgan fingerprint density at radius 2 is 1.90 bits per heavy atom. The summed E-state index contributed by atoms with van der Waals surface area (Å²) in [5.74, 6) is 1.97. The Hall–Kier alpha value is -0.710. The predicted molar refractivity (Wildman–Crippen MR) is 88.7 cm³/mol. The van der Waals surface area contributed by atoms with Gasteiger partial charge < -0.3 is 9.47 Å². The van der Waals surface area contributed by atoms with E-state index in [0.29, 0.717) is 12.5 Å². The first-order chi connectivity index (χ1) is 9.65. The zero-order valence-electron chi connectivity index (χ0n) is 10.8. The summed E-state index contributed by atoms with van der Waals surface area (Å²) >= 11 is 12.9. The first-order valence-electron chi connectivity index (χ1n) is 5.94. The van der Waals surface area contributed by atoms with Crippen LogP contribution < -0.4 is 9.47 Å². The number of halogens is 3. The maximum Gasteiger partial charge on any atom is 0.138 e. The van der Waals surface area contributed by atoms with Crippen molar-refractivity contribution in [3.05, 3.63) is 56.5 Å². The molecule has 0 heterocycles. The van der Waals surface area contributed by atoms with Crippen molar-refractivity contribution in [3.63, 3.8) is 0 Å². The molecule has 0 aromatic heterocycles. The van der Waals surface area contributed by atoms with Gasteiger partial charge in [0.15, 0.2) is 0 Å². The number of ether oxygens (including phenoxy) is 2. The minimum atomic E-state index is 0.407. The summed E-state index contributed by atoms with van der Waals surface area (Å²) in [5.41, 5.74) is 1.92. The van der Waals surface area contributed by atoms with Crippen LogP contribution in [0.5, 0.6) is 11.5 Å². The van der Waals surface area contributed by atoms with Crippen molar-refractivity contribution in [3.8, 4) is 11.5 Å². The van der Waals surface area contributed by atoms with Gasteiger partial charge in [0.1, 0.15) is 18.1 Å². The fraction of sp³-hybridized carbons (Fsp3) is 0.200. The first kappa shape index (κ1) is 15.7. The Labute approximate surface area is 140 Å². The van der Waals surface area contributed by atoms with Gasteiger partial charge in [0.25, 0.3) is 0 Å². The Kier molecular flexibility index (Phi) is 5.75. The largest absolute Gasteiger partial charge is 0.496 e. The molecule has 0 unspecified atom stereocenters. The van der Waals surface area contributed by atoms with Crippen molar-refractivity contribution in [1.29, 1.82) is 0 Å². The molecular weight excluding hydrogens is 407 g/mol. The van der Waals surface area contributed by atoms with Crippen LogP contribution in [0.25, 0.3) is 0 Å². The summed E-state index contributed by atoms with van der Waals surface area (Å²) in [5, 5.41) is 0. The minimum Gasteiger partial charge on any atom is -0.496 e. The quantitative estimate of drug-likeness (QED) is 0.592. The Balaban J connectivity index is 2.23. The lowest BCUT2D eigenvalue weighted by molar-refractivity contribution is 0.292. The Morgan fingerprint density at radius 1 is 1.10 bits per heavy atom. The summed E-state index contributed by atoms with van der Waals surface area (Å²) in [6.07, 6.45) is 0. The second kappa shape index (κ2) is 7.34. The standard InChI is InChI=1S/C15H13Br2ClO2/c1-19-14-6-5-12(16)7-11(14)9-20-15-10(8-18)3-2-4-13(15)17/h2-7H,8-9H2,1H3. The summed E-state index contributed by atoms with van der Waals surface area (Å²) in [6.45, 7) is 0.412. The number of rotatable bonds is 5. The van der Waals surface area contributed by atoms with E-state index in [1.54, 1.807) is 7.11 Å². The van der Waals surface area contributed by atoms with Crippen LogP contribution in [0.1, 0.15) is 11.1 Å². The highest BCUT2D eigenvalue weighted by Gasteiger charge is 2.10. The van der Waals surface area contributed by atoms with Gasteiger partial charge in [-0.1, -0.05) is 28.1 Å². The van der Waals surface area contributed by atoms with Crippen LogP contribution in [0.15, 0.2) is 45.3 Å². The monoisotopic (exact) mass is 418 g/mol. The lowest BCUT2D eigenvalue weighted by atomic mass is 10.2. The van der Waals surface area contributed by atoms with Crippen LogP contribution in [-0.4, -0.2) is 7.11 Å². The van der Waals surface area contributed by atoms with Crippen LogP contribution >= 0.6 is 43.5 Å². The van der Waals surface area contributed by atoms with Crippen LogP contribution in [-0.2, 0) is 12.5 Å². The minimum absolute atomic E-state index is 0.407. The van der Waals surface area contributed by atoms with Crippen molar-refractivity contribution in [2.45, 2.75) is 12.5 Å². The number of hydrogen-bond acceptors (Lipinski definition) is 2. The zero-order chi connectivity index (χ0) is 14.5. The molecule has 2 aromatic rings. The molecule has 0 N–H and O–H groups in total. The molecule has 20 heavy (non-hydrogen) atoms. The molecule has 2 aromatic carbocycles. The van der Waals surface area contributed by atoms with Crippen molar-refractivity contribution >= 4 is 43.5 Å². The average molecular weight is 421 g/mol. The molecule has 0 aliphatic carbocycles. The molecule has 0 bridgehead atoms. The molecule has 2 rings (SSSR count). The molecule has 0 saturated carbocycles. The highest BCUT2D eigenvalue weighted by atomic mass is 79.9. The summed E-state index contributed by atoms with van der Waals surface area (Å²) in [7, 11) is 1.65. The maximum atomic E-state index is 5.94. The molecule has 2 nitrogen and oxygen atoms in total. The molecule has 0 saturated heterocycles. The van der Waals surface area contributed by atoms with Crippen molar-refractivity contribution < 1.29 is 9.47 Å². The van der Waals surface area contributed by atoms with E-state index in [9.17, 15) is 0 Å². The zero-order valence-corrected chi connectivity index (χ0v) is 14.8. The molecule has 0 aliphatic rings. The highest BCUT2D eigenvalue weighted by molar-refractivity contribution is 9.10. The number of benzene rings is 2. The number of methoxy groups -OCH3 is 1. The second-order valence-electron chi connectivity index (χ2n) is 4.11. The number of hydrogen-bond donors (Lipinski definition) is 0. The topological polar surface area (TPSA) is 18.5 Å². The van der Waals surface area contributed by atoms with Gasteiger partial charge in [-0.05, 0) is 40.2 Å². The van der Waals surface area contributed by atoms with E-state index >= 15 is 0 Å². The molecule has 0 spiro atoms. The summed E-state index contributed by atoms with van der Waals surface area (Å²) in [4.78, 5) is 0. The van der Waals surface area contributed by atoms with E-state index in [0.717, 1.165) is 31.6 Å². The van der Waals surface area contributed by atoms with Crippen LogP contribution in [0, 0.1) is 0 Å². The molecule has 0 aliphatic heterocycles. The van der Waals surface area contributed by atoms with Gasteiger partial charge in [-0.25, -0.2) is 0 Å². The normalized spacial score (nSPS) is 10.4. The van der Waals surface area contributed by atoms with Crippen LogP contribution in [0.4, 0.5) is 0 Å². The van der Waals surface area contributed by atoms with Crippen LogP contribution in [0.2, 0.25) is 0 Å². The van der Waals surface area contributed by atoms with Gasteiger partial charge in [0, 0.05) is 15.6 Å². The molecule has 0 amide bonds. The third-order valence-electron chi connectivity index (χ3n) is 2.81. The predicted octanol–water partition coefficient (Wildman–Crippen LogP) is 5.54. The van der Waals surface area contributed by atoms with Gasteiger partial charge in [-0.3, -0.25) is 0 Å². The first-order valence-corrected chi connectivity index (χ1v) is 8.06. The Bertz CT molecular complexity index is 602. The van der Waals surface area contributed by atoms with E-state index in [1.165, 1.54) is 0 Å². The van der Waals surface area contributed by atoms with E-state index in [4.69, 9.17) is 21.1 Å². The third-order valence-corrected chi connectivity index (χ3v) is 4.21. The second-order valence-corrected chi connectivity index (χ2v) is 6.14. The molecular formula is C15H13Br2ClO2. The lowest BCUT2D eigenvalue weighted by Crippen LogP contribution is -2.01. The third kappa shape index (κ3) is 3.68. The molecule has 0 fully saturated rings. The van der Waals surface area contributed by atoms with Crippen LogP contribution in [0.3, 0.4) is 0 Å². The van der Waals surface area contributed by atoms with Gasteiger partial charge in [-0.2, -0.15) is 0 Å². The maximum absolute atomic E-state index is 5.94. The van der Waals surface area contributed by atoms with Gasteiger partial charge >= 0.3 is 0 Å². The SMILES string of the molecule is COc1ccc(Br)cc1COc1c(Br)cccc1CCl. The van der Waals surface area contributed by atoms with Gasteiger partial charge in [-0.15, -0.1) is 11.6 Å². The summed E-state index contributed by atoms with van der Waals surface area (Å²) < 4.78 is 13.1. The Morgan fingerprint density at radius 3 is 2.60 bits per heavy atom. The van der Waals surface area contributed by atoms with Crippen molar-refractivity contribution in [2.24, 2.45) is 0 Å². The summed E-state index contributed by atoms with van der Waals surface area (Å²) in [6, 6.07) is 11.6. The smallest absolute Gasteiger partial charge is 0.138 e. The number of para-hydroxylation sites is 1. The molecule has 0 atom stereocenters. The molecule has 106 valence electrons. The fourth-order valence-electron chi connectivity index (χ4n) is 1.83. The van der Waals surface area contributed by atoms with E-state index in [1.807, 2.05) is 36.4 Å². The molecule has 5 heteroatoms. The average Bonchev–Trinajstić information content (AvgIpc) is 2.46. The van der Waals surface area contributed by atoms with Gasteiger partial charge in [0.2, 0.25) is 0 Å². The van der Waals surface area contributed by atoms with E-state index in [-0.39, 0.29) is 0 Å². The van der Waals surface area contributed by atoms with Crippen molar-refractivity contribution in [1.82, 2.24) is 0 Å². The highest BCUT2D eigenvalue weighted by Crippen LogP contribution is 2.32. The number of alkyl halides is 1. The lowest BCUT2D eigenvalue weighted by Gasteiger charge is -2.14.